The number of amides is 1. The normalized spacial score (nSPS) is 23.6. The van der Waals surface area contributed by atoms with Crippen molar-refractivity contribution in [1.82, 2.24) is 34.4 Å². The van der Waals surface area contributed by atoms with Crippen LogP contribution in [0.5, 0.6) is 0 Å². The molecule has 2 unspecified atom stereocenters. The molecule has 6 rings (SSSR count). The maximum atomic E-state index is 14.1. The lowest BCUT2D eigenvalue weighted by molar-refractivity contribution is 0.0364. The third kappa shape index (κ3) is 7.04. The molecule has 2 saturated heterocycles. The highest BCUT2D eigenvalue weighted by Gasteiger charge is 2.44. The Morgan fingerprint density at radius 3 is 2.74 bits per heavy atom. The Kier molecular flexibility index (Phi) is 9.37. The molecular weight excluding hydrogens is 681 g/mol. The molecule has 252 valence electrons. The first-order chi connectivity index (χ1) is 22.4. The topological polar surface area (TPSA) is 143 Å². The Bertz CT molecular complexity index is 1820. The summed E-state index contributed by atoms with van der Waals surface area (Å²) in [5.74, 6) is -0.131. The summed E-state index contributed by atoms with van der Waals surface area (Å²) in [6.07, 6.45) is 3.94. The number of rotatable bonds is 12. The number of aliphatic imine (C=N–C) groups is 1. The van der Waals surface area contributed by atoms with Crippen LogP contribution in [0.3, 0.4) is 0 Å². The van der Waals surface area contributed by atoms with Gasteiger partial charge < -0.3 is 15.0 Å². The van der Waals surface area contributed by atoms with Crippen molar-refractivity contribution in [3.05, 3.63) is 74.8 Å². The van der Waals surface area contributed by atoms with Crippen molar-refractivity contribution in [2.24, 2.45) is 4.99 Å². The zero-order valence-electron chi connectivity index (χ0n) is 25.3. The van der Waals surface area contributed by atoms with Gasteiger partial charge in [-0.15, -0.1) is 11.3 Å². The van der Waals surface area contributed by atoms with Gasteiger partial charge in [-0.3, -0.25) is 4.99 Å². The van der Waals surface area contributed by atoms with Gasteiger partial charge in [-0.05, 0) is 31.5 Å². The fourth-order valence-corrected chi connectivity index (χ4v) is 8.65. The summed E-state index contributed by atoms with van der Waals surface area (Å²) < 4.78 is 79.6. The standard InChI is InChI=1S/C29H32ClF3N8O4S2/c1-3-7-29(15-35-28(42)45-29)13-16(2)38-47(43,44)39-18-12-22-23(21-6-9-41(37-21)27(32)33)24(19-5-4-17(31)11-20(19)30)36-25(40(22)14-18)26-34-8-10-46-26/h4-6,8-11,16,18,24,27,38-39H,3,7,12-15H2,1-2H3,(H,35,42)/t16?,18-,24-,29?/m0/s1. The summed E-state index contributed by atoms with van der Waals surface area (Å²) in [6, 6.07) is 3.14. The summed E-state index contributed by atoms with van der Waals surface area (Å²) in [6.45, 7) is 1.19. The molecule has 2 fully saturated rings. The number of amidine groups is 1. The van der Waals surface area contributed by atoms with Crippen LogP contribution in [0.15, 0.2) is 52.7 Å². The van der Waals surface area contributed by atoms with E-state index in [0.717, 1.165) is 18.7 Å². The average molecular weight is 713 g/mol. The number of nitrogens with zero attached hydrogens (tertiary/aromatic N) is 5. The fourth-order valence-electron chi connectivity index (χ4n) is 6.46. The number of cyclic esters (lactones) is 1. The number of benzene rings is 1. The van der Waals surface area contributed by atoms with Crippen LogP contribution in [0.4, 0.5) is 18.0 Å². The van der Waals surface area contributed by atoms with Crippen LogP contribution in [0.25, 0.3) is 5.57 Å². The zero-order chi connectivity index (χ0) is 33.5. The lowest BCUT2D eigenvalue weighted by Gasteiger charge is -2.32. The summed E-state index contributed by atoms with van der Waals surface area (Å²) in [5, 5.41) is 9.16. The zero-order valence-corrected chi connectivity index (χ0v) is 27.7. The number of carbonyl (C=O) groups is 1. The number of thiazole rings is 1. The van der Waals surface area contributed by atoms with E-state index in [9.17, 15) is 26.4 Å². The van der Waals surface area contributed by atoms with Crippen LogP contribution in [0.1, 0.15) is 68.4 Å². The molecule has 1 aromatic carbocycles. The molecular formula is C29H32ClF3N8O4S2. The van der Waals surface area contributed by atoms with E-state index in [4.69, 9.17) is 21.3 Å². The smallest absolute Gasteiger partial charge is 0.407 e. The molecule has 0 spiro atoms. The highest BCUT2D eigenvalue weighted by atomic mass is 35.5. The average Bonchev–Trinajstić information content (AvgIpc) is 3.80. The molecule has 0 bridgehead atoms. The number of alkyl carbamates (subject to hydrolysis) is 1. The van der Waals surface area contributed by atoms with Crippen molar-refractivity contribution in [3.63, 3.8) is 0 Å². The quantitative estimate of drug-likeness (QED) is 0.240. The van der Waals surface area contributed by atoms with Gasteiger partial charge in [0.25, 0.3) is 10.2 Å². The van der Waals surface area contributed by atoms with Crippen LogP contribution in [0, 0.1) is 5.82 Å². The molecule has 2 aromatic heterocycles. The highest BCUT2D eigenvalue weighted by molar-refractivity contribution is 7.87. The predicted octanol–water partition coefficient (Wildman–Crippen LogP) is 5.00. The molecule has 3 aliphatic heterocycles. The molecule has 12 nitrogen and oxygen atoms in total. The second-order valence-electron chi connectivity index (χ2n) is 11.7. The molecule has 1 amide bonds. The van der Waals surface area contributed by atoms with Crippen LogP contribution in [-0.4, -0.2) is 70.8 Å². The van der Waals surface area contributed by atoms with Gasteiger partial charge in [0.2, 0.25) is 0 Å². The SMILES string of the molecule is CCCC1(CC(C)NS(=O)(=O)N[C@H]2CC3=C(c4ccn(C(F)F)n4)[C@H](c4ccc(F)cc4Cl)N=C(c4nccs4)N3C2)CNC(=O)O1. The van der Waals surface area contributed by atoms with Crippen LogP contribution >= 0.6 is 22.9 Å². The third-order valence-electron chi connectivity index (χ3n) is 8.15. The summed E-state index contributed by atoms with van der Waals surface area (Å²) in [5.41, 5.74) is 0.797. The first kappa shape index (κ1) is 33.4. The van der Waals surface area contributed by atoms with E-state index in [1.807, 2.05) is 6.92 Å². The minimum Gasteiger partial charge on any atom is -0.441 e. The molecule has 0 saturated carbocycles. The number of hydrogen-bond acceptors (Lipinski definition) is 9. The summed E-state index contributed by atoms with van der Waals surface area (Å²) in [4.78, 5) is 23.0. The molecule has 3 aromatic rings. The molecule has 0 aliphatic carbocycles. The van der Waals surface area contributed by atoms with E-state index in [1.165, 1.54) is 29.5 Å². The van der Waals surface area contributed by atoms with Gasteiger partial charge in [0, 0.05) is 71.1 Å². The van der Waals surface area contributed by atoms with Crippen LogP contribution in [0.2, 0.25) is 5.02 Å². The van der Waals surface area contributed by atoms with Gasteiger partial charge in [-0.2, -0.15) is 31.7 Å². The second kappa shape index (κ2) is 13.2. The Labute approximate surface area is 278 Å². The van der Waals surface area contributed by atoms with E-state index < -0.39 is 52.4 Å². The van der Waals surface area contributed by atoms with Gasteiger partial charge in [0.05, 0.1) is 12.2 Å². The number of carbonyl (C=O) groups excluding carboxylic acids is 1. The Morgan fingerprint density at radius 2 is 2.11 bits per heavy atom. The highest BCUT2D eigenvalue weighted by Crippen LogP contribution is 2.46. The molecule has 3 aliphatic rings. The first-order valence-electron chi connectivity index (χ1n) is 14.9. The molecule has 5 heterocycles. The number of aromatic nitrogens is 3. The Hall–Kier alpha value is -3.51. The summed E-state index contributed by atoms with van der Waals surface area (Å²) in [7, 11) is -4.09. The molecule has 47 heavy (non-hydrogen) atoms. The third-order valence-corrected chi connectivity index (χ3v) is 10.6. The van der Waals surface area contributed by atoms with Crippen molar-refractivity contribution < 1.29 is 31.1 Å². The van der Waals surface area contributed by atoms with Gasteiger partial charge in [-0.1, -0.05) is 31.0 Å². The van der Waals surface area contributed by atoms with Crippen molar-refractivity contribution in [2.75, 3.05) is 13.1 Å². The van der Waals surface area contributed by atoms with Crippen LogP contribution in [-0.2, 0) is 14.9 Å². The number of ether oxygens (including phenoxy) is 1. The van der Waals surface area contributed by atoms with Crippen molar-refractivity contribution >= 4 is 50.6 Å². The fraction of sp³-hybridized carbons (Fsp3) is 0.448. The Morgan fingerprint density at radius 1 is 1.30 bits per heavy atom. The lowest BCUT2D eigenvalue weighted by atomic mass is 9.91. The number of nitrogens with one attached hydrogen (secondary N) is 3. The Balaban J connectivity index is 1.33. The number of alkyl halides is 2. The molecule has 0 radical (unpaired) electrons. The monoisotopic (exact) mass is 712 g/mol. The molecule has 4 atom stereocenters. The minimum atomic E-state index is -4.09. The van der Waals surface area contributed by atoms with E-state index in [1.54, 1.807) is 23.4 Å². The van der Waals surface area contributed by atoms with Crippen molar-refractivity contribution in [2.45, 2.75) is 69.8 Å². The van der Waals surface area contributed by atoms with Gasteiger partial charge in [0.15, 0.2) is 10.8 Å². The maximum Gasteiger partial charge on any atom is 0.407 e. The molecule has 3 N–H and O–H groups in total. The number of fused-ring (bicyclic) bond motifs is 1. The maximum absolute atomic E-state index is 14.1. The van der Waals surface area contributed by atoms with Crippen LogP contribution < -0.4 is 14.8 Å². The van der Waals surface area contributed by atoms with Crippen molar-refractivity contribution in [3.8, 4) is 0 Å². The number of hydrogen-bond donors (Lipinski definition) is 3. The van der Waals surface area contributed by atoms with Gasteiger partial charge in [-0.25, -0.2) is 18.9 Å². The van der Waals surface area contributed by atoms with Gasteiger partial charge >= 0.3 is 12.6 Å². The van der Waals surface area contributed by atoms with E-state index in [-0.39, 0.29) is 36.6 Å². The van der Waals surface area contributed by atoms with E-state index in [0.29, 0.717) is 38.8 Å². The second-order valence-corrected chi connectivity index (χ2v) is 14.5. The minimum absolute atomic E-state index is 0.0782. The molecule has 18 heteroatoms. The van der Waals surface area contributed by atoms with Crippen molar-refractivity contribution in [1.29, 1.82) is 0 Å². The van der Waals surface area contributed by atoms with Gasteiger partial charge in [0.1, 0.15) is 17.5 Å². The number of halogens is 4. The first-order valence-corrected chi connectivity index (χ1v) is 17.6. The largest absolute Gasteiger partial charge is 0.441 e. The van der Waals surface area contributed by atoms with E-state index in [2.05, 4.69) is 24.8 Å². The predicted molar refractivity (Wildman–Crippen MR) is 170 cm³/mol. The lowest BCUT2D eigenvalue weighted by Crippen LogP contribution is -2.49. The summed E-state index contributed by atoms with van der Waals surface area (Å²) >= 11 is 7.83. The van der Waals surface area contributed by atoms with E-state index >= 15 is 0 Å².